The molecule has 0 fully saturated rings. The molecule has 3 aromatic carbocycles. The predicted molar refractivity (Wildman–Crippen MR) is 107 cm³/mol. The van der Waals surface area contributed by atoms with E-state index in [2.05, 4.69) is 4.98 Å². The molecular weight excluding hydrogens is 338 g/mol. The number of phenols is 1. The fourth-order valence-corrected chi connectivity index (χ4v) is 3.31. The van der Waals surface area contributed by atoms with Gasteiger partial charge in [0.1, 0.15) is 17.2 Å². The number of benzene rings is 3. The van der Waals surface area contributed by atoms with E-state index in [1.165, 1.54) is 0 Å². The number of aromatic hydroxyl groups is 1. The van der Waals surface area contributed by atoms with E-state index >= 15 is 0 Å². The van der Waals surface area contributed by atoms with Gasteiger partial charge in [-0.3, -0.25) is 4.79 Å². The van der Waals surface area contributed by atoms with Gasteiger partial charge in [0.15, 0.2) is 0 Å². The minimum absolute atomic E-state index is 0.119. The molecule has 4 heteroatoms. The zero-order chi connectivity index (χ0) is 18.8. The Balaban J connectivity index is 1.73. The second-order valence-corrected chi connectivity index (χ2v) is 6.50. The summed E-state index contributed by atoms with van der Waals surface area (Å²) in [5, 5.41) is 11.8. The number of nitrogens with one attached hydrogen (secondary N) is 1. The van der Waals surface area contributed by atoms with Gasteiger partial charge >= 0.3 is 0 Å². The maximum absolute atomic E-state index is 12.6. The quantitative estimate of drug-likeness (QED) is 0.545. The molecule has 1 heterocycles. The second kappa shape index (κ2) is 7.00. The Morgan fingerprint density at radius 2 is 1.67 bits per heavy atom. The van der Waals surface area contributed by atoms with Crippen LogP contribution < -0.4 is 10.3 Å². The molecule has 27 heavy (non-hydrogen) atoms. The molecule has 0 aliphatic carbocycles. The van der Waals surface area contributed by atoms with Gasteiger partial charge in [0.25, 0.3) is 5.56 Å². The number of hydrogen-bond donors (Lipinski definition) is 2. The van der Waals surface area contributed by atoms with Crippen molar-refractivity contribution in [3.8, 4) is 17.2 Å². The van der Waals surface area contributed by atoms with Crippen LogP contribution in [0.15, 0.2) is 77.6 Å². The third-order valence-corrected chi connectivity index (χ3v) is 4.58. The highest BCUT2D eigenvalue weighted by atomic mass is 16.5. The Hall–Kier alpha value is -3.53. The molecule has 1 aromatic heterocycles. The SMILES string of the molecule is Cc1[nH]c(=O)c(Cc2cccc(Oc3ccccc3)c2)c2c(O)cccc12. The molecule has 4 nitrogen and oxygen atoms in total. The van der Waals surface area contributed by atoms with Gasteiger partial charge in [0.05, 0.1) is 0 Å². The molecule has 134 valence electrons. The zero-order valence-corrected chi connectivity index (χ0v) is 14.9. The van der Waals surface area contributed by atoms with Gasteiger partial charge < -0.3 is 14.8 Å². The van der Waals surface area contributed by atoms with E-state index in [0.29, 0.717) is 23.1 Å². The molecular formula is C23H19NO3. The van der Waals surface area contributed by atoms with Crippen molar-refractivity contribution >= 4 is 10.8 Å². The smallest absolute Gasteiger partial charge is 0.252 e. The summed E-state index contributed by atoms with van der Waals surface area (Å²) in [6.45, 7) is 1.83. The van der Waals surface area contributed by atoms with Gasteiger partial charge in [-0.1, -0.05) is 42.5 Å². The number of aryl methyl sites for hydroxylation is 1. The van der Waals surface area contributed by atoms with Crippen molar-refractivity contribution in [2.24, 2.45) is 0 Å². The van der Waals surface area contributed by atoms with Gasteiger partial charge in [-0.2, -0.15) is 0 Å². The highest BCUT2D eigenvalue weighted by molar-refractivity contribution is 5.92. The van der Waals surface area contributed by atoms with Crippen molar-refractivity contribution in [1.82, 2.24) is 4.98 Å². The Morgan fingerprint density at radius 1 is 0.926 bits per heavy atom. The lowest BCUT2D eigenvalue weighted by molar-refractivity contribution is 0.481. The largest absolute Gasteiger partial charge is 0.507 e. The third kappa shape index (κ3) is 3.42. The summed E-state index contributed by atoms with van der Waals surface area (Å²) in [6.07, 6.45) is 0.398. The number of hydrogen-bond acceptors (Lipinski definition) is 3. The number of phenolic OH excluding ortho intramolecular Hbond substituents is 1. The van der Waals surface area contributed by atoms with Gasteiger partial charge in [-0.15, -0.1) is 0 Å². The van der Waals surface area contributed by atoms with Crippen molar-refractivity contribution in [2.75, 3.05) is 0 Å². The highest BCUT2D eigenvalue weighted by Crippen LogP contribution is 2.29. The molecule has 4 aromatic rings. The summed E-state index contributed by atoms with van der Waals surface area (Å²) < 4.78 is 5.88. The zero-order valence-electron chi connectivity index (χ0n) is 14.9. The van der Waals surface area contributed by atoms with Crippen LogP contribution in [0.4, 0.5) is 0 Å². The molecule has 0 saturated heterocycles. The second-order valence-electron chi connectivity index (χ2n) is 6.50. The summed E-state index contributed by atoms with van der Waals surface area (Å²) >= 11 is 0. The van der Waals surface area contributed by atoms with E-state index in [9.17, 15) is 9.90 Å². The Labute approximate surface area is 156 Å². The molecule has 4 rings (SSSR count). The number of aromatic nitrogens is 1. The highest BCUT2D eigenvalue weighted by Gasteiger charge is 2.13. The molecule has 0 amide bonds. The standard InChI is InChI=1S/C23H19NO3/c1-15-19-11-6-12-21(25)22(19)20(23(26)24-15)14-16-7-5-10-18(13-16)27-17-8-3-2-4-9-17/h2-13,25H,14H2,1H3,(H,24,26). The minimum Gasteiger partial charge on any atom is -0.507 e. The van der Waals surface area contributed by atoms with E-state index < -0.39 is 0 Å². The Kier molecular flexibility index (Phi) is 4.38. The fourth-order valence-electron chi connectivity index (χ4n) is 3.31. The molecule has 0 unspecified atom stereocenters. The lowest BCUT2D eigenvalue weighted by atomic mass is 9.98. The van der Waals surface area contributed by atoms with Crippen LogP contribution in [-0.4, -0.2) is 10.1 Å². The van der Waals surface area contributed by atoms with Gasteiger partial charge in [0.2, 0.25) is 0 Å². The summed E-state index contributed by atoms with van der Waals surface area (Å²) in [6, 6.07) is 22.5. The molecule has 0 spiro atoms. The van der Waals surface area contributed by atoms with Crippen molar-refractivity contribution < 1.29 is 9.84 Å². The van der Waals surface area contributed by atoms with Crippen LogP contribution in [-0.2, 0) is 6.42 Å². The first-order valence-corrected chi connectivity index (χ1v) is 8.77. The van der Waals surface area contributed by atoms with E-state index in [0.717, 1.165) is 22.4 Å². The predicted octanol–water partition coefficient (Wildman–Crippen LogP) is 4.93. The number of aromatic amines is 1. The molecule has 0 radical (unpaired) electrons. The van der Waals surface area contributed by atoms with Crippen LogP contribution >= 0.6 is 0 Å². The first kappa shape index (κ1) is 16.9. The van der Waals surface area contributed by atoms with Crippen molar-refractivity contribution in [1.29, 1.82) is 0 Å². The van der Waals surface area contributed by atoms with E-state index in [1.54, 1.807) is 12.1 Å². The maximum Gasteiger partial charge on any atom is 0.252 e. The normalized spacial score (nSPS) is 10.9. The van der Waals surface area contributed by atoms with Crippen LogP contribution in [0.25, 0.3) is 10.8 Å². The van der Waals surface area contributed by atoms with E-state index in [-0.39, 0.29) is 11.3 Å². The molecule has 0 atom stereocenters. The number of H-pyrrole nitrogens is 1. The average molecular weight is 357 g/mol. The molecule has 0 aliphatic rings. The van der Waals surface area contributed by atoms with Crippen molar-refractivity contribution in [2.45, 2.75) is 13.3 Å². The maximum atomic E-state index is 12.6. The van der Waals surface area contributed by atoms with Crippen LogP contribution in [0, 0.1) is 6.92 Å². The number of rotatable bonds is 4. The Morgan fingerprint density at radius 3 is 2.48 bits per heavy atom. The van der Waals surface area contributed by atoms with Crippen molar-refractivity contribution in [3.63, 3.8) is 0 Å². The molecule has 0 saturated carbocycles. The lowest BCUT2D eigenvalue weighted by Crippen LogP contribution is -2.15. The molecule has 0 aliphatic heterocycles. The van der Waals surface area contributed by atoms with Gasteiger partial charge in [-0.25, -0.2) is 0 Å². The fraction of sp³-hybridized carbons (Fsp3) is 0.0870. The third-order valence-electron chi connectivity index (χ3n) is 4.58. The van der Waals surface area contributed by atoms with E-state index in [1.807, 2.05) is 67.6 Å². The summed E-state index contributed by atoms with van der Waals surface area (Å²) in [7, 11) is 0. The van der Waals surface area contributed by atoms with Crippen LogP contribution in [0.5, 0.6) is 17.2 Å². The monoisotopic (exact) mass is 357 g/mol. The number of pyridine rings is 1. The van der Waals surface area contributed by atoms with Crippen molar-refractivity contribution in [3.05, 3.63) is 100.0 Å². The van der Waals surface area contributed by atoms with E-state index in [4.69, 9.17) is 4.74 Å². The van der Waals surface area contributed by atoms with Gasteiger partial charge in [-0.05, 0) is 42.8 Å². The summed E-state index contributed by atoms with van der Waals surface area (Å²) in [5.41, 5.74) is 2.04. The van der Waals surface area contributed by atoms with Crippen LogP contribution in [0.2, 0.25) is 0 Å². The topological polar surface area (TPSA) is 62.3 Å². The number of fused-ring (bicyclic) bond motifs is 1. The van der Waals surface area contributed by atoms with Gasteiger partial charge in [0, 0.05) is 28.5 Å². The first-order chi connectivity index (χ1) is 13.1. The first-order valence-electron chi connectivity index (χ1n) is 8.77. The minimum atomic E-state index is -0.184. The number of para-hydroxylation sites is 1. The summed E-state index contributed by atoms with van der Waals surface area (Å²) in [4.78, 5) is 15.5. The molecule has 0 bridgehead atoms. The Bertz CT molecular complexity index is 1160. The number of ether oxygens (including phenoxy) is 1. The van der Waals surface area contributed by atoms with Crippen LogP contribution in [0.3, 0.4) is 0 Å². The molecule has 2 N–H and O–H groups in total. The lowest BCUT2D eigenvalue weighted by Gasteiger charge is -2.11. The average Bonchev–Trinajstić information content (AvgIpc) is 2.66. The van der Waals surface area contributed by atoms with Crippen LogP contribution in [0.1, 0.15) is 16.8 Å². The summed E-state index contributed by atoms with van der Waals surface area (Å²) in [5.74, 6) is 1.58.